The van der Waals surface area contributed by atoms with Crippen molar-refractivity contribution in [1.29, 1.82) is 0 Å². The Hall–Kier alpha value is -3.02. The van der Waals surface area contributed by atoms with E-state index in [2.05, 4.69) is 10.6 Å². The summed E-state index contributed by atoms with van der Waals surface area (Å²) in [5.74, 6) is 1.26. The molecule has 0 aromatic heterocycles. The van der Waals surface area contributed by atoms with Gasteiger partial charge in [0, 0.05) is 13.1 Å². The molecule has 174 valence electrons. The van der Waals surface area contributed by atoms with Crippen LogP contribution in [0.5, 0.6) is 11.5 Å². The summed E-state index contributed by atoms with van der Waals surface area (Å²) in [4.78, 5) is 24.6. The van der Waals surface area contributed by atoms with E-state index in [1.54, 1.807) is 0 Å². The average molecular weight is 441 g/mol. The van der Waals surface area contributed by atoms with E-state index >= 15 is 0 Å². The predicted octanol–water partition coefficient (Wildman–Crippen LogP) is 4.49. The fourth-order valence-electron chi connectivity index (χ4n) is 3.23. The normalized spacial score (nSPS) is 12.4. The van der Waals surface area contributed by atoms with Crippen LogP contribution in [0, 0.1) is 0 Å². The summed E-state index contributed by atoms with van der Waals surface area (Å²) in [6.07, 6.45) is 4.07. The van der Waals surface area contributed by atoms with Crippen LogP contribution >= 0.6 is 0 Å². The van der Waals surface area contributed by atoms with Gasteiger partial charge in [0.1, 0.15) is 11.5 Å². The first-order valence-electron chi connectivity index (χ1n) is 11.6. The van der Waals surface area contributed by atoms with E-state index in [0.29, 0.717) is 37.4 Å². The molecule has 6 nitrogen and oxygen atoms in total. The van der Waals surface area contributed by atoms with Crippen LogP contribution in [0.3, 0.4) is 0 Å². The first-order valence-corrected chi connectivity index (χ1v) is 11.6. The molecule has 32 heavy (non-hydrogen) atoms. The molecule has 2 amide bonds. The molecular weight excluding hydrogens is 404 g/mol. The van der Waals surface area contributed by atoms with Crippen molar-refractivity contribution in [1.82, 2.24) is 10.6 Å². The van der Waals surface area contributed by atoms with Crippen molar-refractivity contribution >= 4 is 11.8 Å². The number of unbranched alkanes of at least 4 members (excludes halogenated alkanes) is 3. The van der Waals surface area contributed by atoms with Crippen LogP contribution in [0.25, 0.3) is 0 Å². The monoisotopic (exact) mass is 440 g/mol. The van der Waals surface area contributed by atoms with E-state index < -0.39 is 12.2 Å². The van der Waals surface area contributed by atoms with Crippen molar-refractivity contribution in [3.05, 3.63) is 60.7 Å². The Morgan fingerprint density at radius 3 is 1.38 bits per heavy atom. The summed E-state index contributed by atoms with van der Waals surface area (Å²) in [5, 5.41) is 5.92. The third-order valence-corrected chi connectivity index (χ3v) is 5.07. The number of hydrogen-bond acceptors (Lipinski definition) is 4. The summed E-state index contributed by atoms with van der Waals surface area (Å²) in [7, 11) is 0. The van der Waals surface area contributed by atoms with E-state index in [1.165, 1.54) is 0 Å². The highest BCUT2D eigenvalue weighted by Crippen LogP contribution is 2.13. The van der Waals surface area contributed by atoms with Crippen molar-refractivity contribution in [2.24, 2.45) is 0 Å². The van der Waals surface area contributed by atoms with Gasteiger partial charge in [-0.15, -0.1) is 0 Å². The molecule has 0 saturated carbocycles. The minimum absolute atomic E-state index is 0.0763. The Labute approximate surface area is 191 Å². The summed E-state index contributed by atoms with van der Waals surface area (Å²) >= 11 is 0. The summed E-state index contributed by atoms with van der Waals surface area (Å²) in [6, 6.07) is 18.8. The number of ether oxygens (including phenoxy) is 2. The third-order valence-electron chi connectivity index (χ3n) is 5.07. The molecule has 0 heterocycles. The zero-order valence-corrected chi connectivity index (χ0v) is 19.2. The highest BCUT2D eigenvalue weighted by Gasteiger charge is 2.18. The Kier molecular flexibility index (Phi) is 11.7. The number of carbonyl (C=O) groups is 2. The first kappa shape index (κ1) is 25.2. The largest absolute Gasteiger partial charge is 0.481 e. The van der Waals surface area contributed by atoms with Gasteiger partial charge in [0.2, 0.25) is 0 Å². The molecule has 2 rings (SSSR count). The van der Waals surface area contributed by atoms with Gasteiger partial charge in [-0.1, -0.05) is 63.1 Å². The third kappa shape index (κ3) is 9.41. The molecule has 0 fully saturated rings. The second kappa shape index (κ2) is 14.9. The van der Waals surface area contributed by atoms with Gasteiger partial charge in [0.25, 0.3) is 11.8 Å². The molecule has 2 N–H and O–H groups in total. The highest BCUT2D eigenvalue weighted by atomic mass is 16.5. The van der Waals surface area contributed by atoms with Gasteiger partial charge in [-0.25, -0.2) is 0 Å². The minimum atomic E-state index is -0.475. The van der Waals surface area contributed by atoms with Crippen molar-refractivity contribution in [3.63, 3.8) is 0 Å². The maximum atomic E-state index is 12.3. The van der Waals surface area contributed by atoms with Crippen molar-refractivity contribution in [2.75, 3.05) is 13.1 Å². The summed E-state index contributed by atoms with van der Waals surface area (Å²) < 4.78 is 11.5. The van der Waals surface area contributed by atoms with E-state index in [-0.39, 0.29) is 11.8 Å². The second-order valence-electron chi connectivity index (χ2n) is 7.65. The van der Waals surface area contributed by atoms with Gasteiger partial charge in [-0.05, 0) is 49.9 Å². The number of rotatable bonds is 15. The molecule has 2 aromatic carbocycles. The number of amides is 2. The molecule has 0 radical (unpaired) electrons. The average Bonchev–Trinajstić information content (AvgIpc) is 2.83. The molecule has 2 atom stereocenters. The lowest BCUT2D eigenvalue weighted by molar-refractivity contribution is -0.128. The zero-order chi connectivity index (χ0) is 23.0. The van der Waals surface area contributed by atoms with E-state index in [9.17, 15) is 9.59 Å². The molecular formula is C26H36N2O4. The van der Waals surface area contributed by atoms with Gasteiger partial charge in [0.15, 0.2) is 12.2 Å². The summed E-state index contributed by atoms with van der Waals surface area (Å²) in [5.41, 5.74) is 0. The number of carbonyl (C=O) groups excluding carboxylic acids is 2. The van der Waals surface area contributed by atoms with E-state index in [1.807, 2.05) is 74.5 Å². The molecule has 0 aliphatic carbocycles. The van der Waals surface area contributed by atoms with Crippen LogP contribution < -0.4 is 20.1 Å². The lowest BCUT2D eigenvalue weighted by Gasteiger charge is -2.17. The van der Waals surface area contributed by atoms with E-state index in [0.717, 1.165) is 25.7 Å². The molecule has 2 aromatic rings. The maximum Gasteiger partial charge on any atom is 0.261 e. The Bertz CT molecular complexity index is 715. The smallest absolute Gasteiger partial charge is 0.261 e. The SMILES string of the molecule is CCC(Oc1ccccc1)C(=O)NCCCCCCNC(=O)C(CC)Oc1ccccc1. The standard InChI is InChI=1S/C26H36N2O4/c1-3-23(31-21-15-9-7-10-16-21)25(29)27-19-13-5-6-14-20-28-26(30)24(4-2)32-22-17-11-8-12-18-22/h7-12,15-18,23-24H,3-6,13-14,19-20H2,1-2H3,(H,27,29)(H,28,30). The Morgan fingerprint density at radius 2 is 1.03 bits per heavy atom. The Morgan fingerprint density at radius 1 is 0.656 bits per heavy atom. The predicted molar refractivity (Wildman–Crippen MR) is 127 cm³/mol. The van der Waals surface area contributed by atoms with Gasteiger partial charge < -0.3 is 20.1 Å². The van der Waals surface area contributed by atoms with Crippen LogP contribution in [-0.2, 0) is 9.59 Å². The van der Waals surface area contributed by atoms with Crippen LogP contribution in [0.15, 0.2) is 60.7 Å². The maximum absolute atomic E-state index is 12.3. The van der Waals surface area contributed by atoms with Crippen molar-refractivity contribution < 1.29 is 19.1 Å². The first-order chi connectivity index (χ1) is 15.6. The Balaban J connectivity index is 1.54. The lowest BCUT2D eigenvalue weighted by atomic mass is 10.2. The highest BCUT2D eigenvalue weighted by molar-refractivity contribution is 5.81. The van der Waals surface area contributed by atoms with Crippen LogP contribution in [0.4, 0.5) is 0 Å². The molecule has 6 heteroatoms. The van der Waals surface area contributed by atoms with Crippen LogP contribution in [0.1, 0.15) is 52.4 Å². The number of benzene rings is 2. The molecule has 0 aliphatic heterocycles. The van der Waals surface area contributed by atoms with Gasteiger partial charge in [0.05, 0.1) is 0 Å². The summed E-state index contributed by atoms with van der Waals surface area (Å²) in [6.45, 7) is 5.14. The fourth-order valence-corrected chi connectivity index (χ4v) is 3.23. The van der Waals surface area contributed by atoms with Gasteiger partial charge in [-0.3, -0.25) is 9.59 Å². The molecule has 0 aliphatic rings. The quantitative estimate of drug-likeness (QED) is 0.400. The molecule has 0 bridgehead atoms. The fraction of sp³-hybridized carbons (Fsp3) is 0.462. The second-order valence-corrected chi connectivity index (χ2v) is 7.65. The van der Waals surface area contributed by atoms with Gasteiger partial charge >= 0.3 is 0 Å². The van der Waals surface area contributed by atoms with Crippen LogP contribution in [-0.4, -0.2) is 37.1 Å². The minimum Gasteiger partial charge on any atom is -0.481 e. The zero-order valence-electron chi connectivity index (χ0n) is 19.2. The molecule has 0 saturated heterocycles. The van der Waals surface area contributed by atoms with Crippen molar-refractivity contribution in [3.8, 4) is 11.5 Å². The lowest BCUT2D eigenvalue weighted by Crippen LogP contribution is -2.38. The topological polar surface area (TPSA) is 76.7 Å². The van der Waals surface area contributed by atoms with Crippen molar-refractivity contribution in [2.45, 2.75) is 64.6 Å². The molecule has 2 unspecified atom stereocenters. The number of para-hydroxylation sites is 2. The number of hydrogen-bond donors (Lipinski definition) is 2. The molecule has 0 spiro atoms. The number of nitrogens with one attached hydrogen (secondary N) is 2. The van der Waals surface area contributed by atoms with Crippen LogP contribution in [0.2, 0.25) is 0 Å². The van der Waals surface area contributed by atoms with Gasteiger partial charge in [-0.2, -0.15) is 0 Å². The van der Waals surface area contributed by atoms with E-state index in [4.69, 9.17) is 9.47 Å².